The van der Waals surface area contributed by atoms with Crippen molar-refractivity contribution >= 4 is 16.0 Å². The maximum Gasteiger partial charge on any atom is 0.324 e. The fourth-order valence-electron chi connectivity index (χ4n) is 1.22. The number of nitrogens with one attached hydrogen (secondary N) is 1. The third-order valence-electron chi connectivity index (χ3n) is 1.97. The highest BCUT2D eigenvalue weighted by Gasteiger charge is 2.30. The average molecular weight is 277 g/mol. The van der Waals surface area contributed by atoms with Gasteiger partial charge in [0, 0.05) is 0 Å². The quantitative estimate of drug-likeness (QED) is 0.589. The molecule has 0 aromatic carbocycles. The number of hydrogen-bond acceptors (Lipinski definition) is 4. The molecule has 0 bridgehead atoms. The minimum Gasteiger partial charge on any atom is -0.459 e. The Kier molecular flexibility index (Phi) is 6.02. The number of rotatable bonds is 6. The van der Waals surface area contributed by atoms with E-state index in [2.05, 4.69) is 11.3 Å². The summed E-state index contributed by atoms with van der Waals surface area (Å²) in [5.41, 5.74) is -0.645. The molecule has 0 aliphatic carbocycles. The summed E-state index contributed by atoms with van der Waals surface area (Å²) in [4.78, 5) is 11.9. The van der Waals surface area contributed by atoms with Gasteiger partial charge in [-0.3, -0.25) is 4.79 Å². The predicted octanol–water partition coefficient (Wildman–Crippen LogP) is 1.46. The Bertz CT molecular complexity index is 393. The summed E-state index contributed by atoms with van der Waals surface area (Å²) in [5, 5.41) is 0. The highest BCUT2D eigenvalue weighted by Crippen LogP contribution is 2.13. The van der Waals surface area contributed by atoms with Crippen LogP contribution in [-0.2, 0) is 19.6 Å². The van der Waals surface area contributed by atoms with Crippen LogP contribution in [0.4, 0.5) is 0 Å². The lowest BCUT2D eigenvalue weighted by Gasteiger charge is -2.26. The van der Waals surface area contributed by atoms with E-state index < -0.39 is 27.6 Å². The standard InChI is InChI=1S/C12H23NO4S/c1-7-8-18(15,16)13-10(9(2)3)11(14)17-12(4,5)6/h7,9-10,13H,1,8H2,2-6H3/t10-/m0/s1. The first-order valence-electron chi connectivity index (χ1n) is 5.82. The van der Waals surface area contributed by atoms with E-state index in [1.165, 1.54) is 6.08 Å². The van der Waals surface area contributed by atoms with Gasteiger partial charge in [0.25, 0.3) is 0 Å². The smallest absolute Gasteiger partial charge is 0.324 e. The molecule has 0 saturated heterocycles. The van der Waals surface area contributed by atoms with Crippen LogP contribution in [0.3, 0.4) is 0 Å². The van der Waals surface area contributed by atoms with Crippen molar-refractivity contribution in [2.45, 2.75) is 46.3 Å². The summed E-state index contributed by atoms with van der Waals surface area (Å²) >= 11 is 0. The zero-order chi connectivity index (χ0) is 14.6. The van der Waals surface area contributed by atoms with Gasteiger partial charge in [0.1, 0.15) is 11.6 Å². The fraction of sp³-hybridized carbons (Fsp3) is 0.750. The van der Waals surface area contributed by atoms with Crippen molar-refractivity contribution in [2.75, 3.05) is 5.75 Å². The highest BCUT2D eigenvalue weighted by atomic mass is 32.2. The molecule has 1 atom stereocenters. The van der Waals surface area contributed by atoms with Gasteiger partial charge in [-0.1, -0.05) is 19.9 Å². The van der Waals surface area contributed by atoms with E-state index in [4.69, 9.17) is 4.74 Å². The molecular weight excluding hydrogens is 254 g/mol. The van der Waals surface area contributed by atoms with E-state index in [-0.39, 0.29) is 11.7 Å². The Morgan fingerprint density at radius 3 is 2.22 bits per heavy atom. The van der Waals surface area contributed by atoms with E-state index in [0.717, 1.165) is 0 Å². The summed E-state index contributed by atoms with van der Waals surface area (Å²) in [6, 6.07) is -0.880. The van der Waals surface area contributed by atoms with E-state index in [9.17, 15) is 13.2 Å². The second kappa shape index (κ2) is 6.33. The van der Waals surface area contributed by atoms with Gasteiger partial charge in [-0.15, -0.1) is 6.58 Å². The lowest BCUT2D eigenvalue weighted by atomic mass is 10.1. The van der Waals surface area contributed by atoms with Crippen molar-refractivity contribution in [3.63, 3.8) is 0 Å². The van der Waals surface area contributed by atoms with Crippen LogP contribution in [0.25, 0.3) is 0 Å². The van der Waals surface area contributed by atoms with Crippen molar-refractivity contribution in [3.8, 4) is 0 Å². The van der Waals surface area contributed by atoms with Crippen LogP contribution >= 0.6 is 0 Å². The first-order chi connectivity index (χ1) is 7.98. The van der Waals surface area contributed by atoms with Crippen LogP contribution in [0.1, 0.15) is 34.6 Å². The second-order valence-corrected chi connectivity index (χ2v) is 7.24. The molecule has 5 nitrogen and oxygen atoms in total. The summed E-state index contributed by atoms with van der Waals surface area (Å²) in [6.07, 6.45) is 1.27. The van der Waals surface area contributed by atoms with Crippen LogP contribution in [0, 0.1) is 5.92 Å². The zero-order valence-electron chi connectivity index (χ0n) is 11.7. The summed E-state index contributed by atoms with van der Waals surface area (Å²) in [5.74, 6) is -0.983. The third-order valence-corrected chi connectivity index (χ3v) is 3.26. The first-order valence-corrected chi connectivity index (χ1v) is 7.47. The van der Waals surface area contributed by atoms with E-state index in [0.29, 0.717) is 0 Å². The molecule has 1 N–H and O–H groups in total. The molecule has 0 amide bonds. The molecule has 18 heavy (non-hydrogen) atoms. The predicted molar refractivity (Wildman–Crippen MR) is 71.6 cm³/mol. The molecule has 0 aliphatic rings. The lowest BCUT2D eigenvalue weighted by Crippen LogP contribution is -2.47. The van der Waals surface area contributed by atoms with Crippen LogP contribution in [0.2, 0.25) is 0 Å². The molecule has 0 aromatic rings. The van der Waals surface area contributed by atoms with Crippen molar-refractivity contribution < 1.29 is 17.9 Å². The van der Waals surface area contributed by atoms with Gasteiger partial charge in [0.15, 0.2) is 0 Å². The fourth-order valence-corrected chi connectivity index (χ4v) is 2.38. The van der Waals surface area contributed by atoms with Gasteiger partial charge in [0.05, 0.1) is 5.75 Å². The Balaban J connectivity index is 4.89. The number of hydrogen-bond donors (Lipinski definition) is 1. The number of carbonyl (C=O) groups excluding carboxylic acids is 1. The molecule has 0 heterocycles. The molecule has 6 heteroatoms. The van der Waals surface area contributed by atoms with Crippen molar-refractivity contribution in [1.29, 1.82) is 0 Å². The van der Waals surface area contributed by atoms with Crippen LogP contribution in [0.5, 0.6) is 0 Å². The minimum atomic E-state index is -3.55. The van der Waals surface area contributed by atoms with Crippen LogP contribution in [-0.4, -0.2) is 31.8 Å². The maximum absolute atomic E-state index is 11.9. The van der Waals surface area contributed by atoms with E-state index >= 15 is 0 Å². The maximum atomic E-state index is 11.9. The minimum absolute atomic E-state index is 0.195. The number of esters is 1. The zero-order valence-corrected chi connectivity index (χ0v) is 12.5. The average Bonchev–Trinajstić information content (AvgIpc) is 2.10. The van der Waals surface area contributed by atoms with Gasteiger partial charge >= 0.3 is 5.97 Å². The number of ether oxygens (including phenoxy) is 1. The summed E-state index contributed by atoms with van der Waals surface area (Å²) in [7, 11) is -3.55. The second-order valence-electron chi connectivity index (χ2n) is 5.44. The largest absolute Gasteiger partial charge is 0.459 e. The monoisotopic (exact) mass is 277 g/mol. The normalized spacial score (nSPS) is 14.3. The van der Waals surface area contributed by atoms with Gasteiger partial charge in [-0.05, 0) is 26.7 Å². The molecule has 0 rings (SSSR count). The molecule has 0 aromatic heterocycles. The summed E-state index contributed by atoms with van der Waals surface area (Å²) < 4.78 is 30.8. The summed E-state index contributed by atoms with van der Waals surface area (Å²) in [6.45, 7) is 12.1. The van der Waals surface area contributed by atoms with Crippen molar-refractivity contribution in [3.05, 3.63) is 12.7 Å². The van der Waals surface area contributed by atoms with Gasteiger partial charge in [0.2, 0.25) is 10.0 Å². The van der Waals surface area contributed by atoms with Gasteiger partial charge in [-0.25, -0.2) is 13.1 Å². The van der Waals surface area contributed by atoms with Gasteiger partial charge < -0.3 is 4.74 Å². The Hall–Kier alpha value is -0.880. The molecular formula is C12H23NO4S. The van der Waals surface area contributed by atoms with Crippen molar-refractivity contribution in [1.82, 2.24) is 4.72 Å². The highest BCUT2D eigenvalue weighted by molar-refractivity contribution is 7.89. The van der Waals surface area contributed by atoms with Crippen molar-refractivity contribution in [2.24, 2.45) is 5.92 Å². The molecule has 0 unspecified atom stereocenters. The van der Waals surface area contributed by atoms with Crippen LogP contribution in [0.15, 0.2) is 12.7 Å². The molecule has 0 fully saturated rings. The Morgan fingerprint density at radius 2 is 1.89 bits per heavy atom. The molecule has 0 radical (unpaired) electrons. The molecule has 0 spiro atoms. The Morgan fingerprint density at radius 1 is 1.39 bits per heavy atom. The molecule has 0 saturated carbocycles. The number of carbonyl (C=O) groups is 1. The van der Waals surface area contributed by atoms with E-state index in [1.54, 1.807) is 34.6 Å². The van der Waals surface area contributed by atoms with Crippen LogP contribution < -0.4 is 4.72 Å². The first kappa shape index (κ1) is 17.1. The lowest BCUT2D eigenvalue weighted by molar-refractivity contribution is -0.158. The molecule has 0 aliphatic heterocycles. The van der Waals surface area contributed by atoms with E-state index in [1.807, 2.05) is 0 Å². The molecule has 106 valence electrons. The van der Waals surface area contributed by atoms with Gasteiger partial charge in [-0.2, -0.15) is 0 Å². The number of sulfonamides is 1. The third kappa shape index (κ3) is 6.76. The topological polar surface area (TPSA) is 72.5 Å². The Labute approximate surface area is 110 Å². The SMILES string of the molecule is C=CCS(=O)(=O)N[C@H](C(=O)OC(C)(C)C)C(C)C.